The van der Waals surface area contributed by atoms with Crippen molar-refractivity contribution in [2.45, 2.75) is 45.2 Å². The van der Waals surface area contributed by atoms with Crippen LogP contribution in [0.25, 0.3) is 0 Å². The fourth-order valence-electron chi connectivity index (χ4n) is 2.20. The summed E-state index contributed by atoms with van der Waals surface area (Å²) in [4.78, 5) is 0. The molecule has 88 valence electrons. The van der Waals surface area contributed by atoms with Gasteiger partial charge in [0.25, 0.3) is 0 Å². The molecule has 0 amide bonds. The van der Waals surface area contributed by atoms with Gasteiger partial charge in [0.1, 0.15) is 0 Å². The monoisotopic (exact) mass is 237 g/mol. The molecule has 2 rings (SSSR count). The highest BCUT2D eigenvalue weighted by Crippen LogP contribution is 2.33. The predicted octanol–water partition coefficient (Wildman–Crippen LogP) is 4.18. The van der Waals surface area contributed by atoms with E-state index in [2.05, 4.69) is 31.3 Å². The lowest BCUT2D eigenvalue weighted by atomic mass is 10.1. The Hall–Kier alpha value is -0.530. The molecule has 0 saturated heterocycles. The molecule has 1 saturated carbocycles. The third kappa shape index (κ3) is 3.50. The van der Waals surface area contributed by atoms with Gasteiger partial charge < -0.3 is 5.32 Å². The molecule has 16 heavy (non-hydrogen) atoms. The molecular weight excluding hydrogens is 218 g/mol. The van der Waals surface area contributed by atoms with Crippen molar-refractivity contribution < 1.29 is 0 Å². The van der Waals surface area contributed by atoms with E-state index in [0.717, 1.165) is 10.9 Å². The van der Waals surface area contributed by atoms with Gasteiger partial charge in [-0.2, -0.15) is 0 Å². The summed E-state index contributed by atoms with van der Waals surface area (Å²) in [6.45, 7) is 4.50. The van der Waals surface area contributed by atoms with Crippen molar-refractivity contribution in [3.63, 3.8) is 0 Å². The molecule has 1 unspecified atom stereocenters. The smallest absolute Gasteiger partial charge is 0.0406 e. The summed E-state index contributed by atoms with van der Waals surface area (Å²) in [5, 5.41) is 4.45. The molecule has 1 aromatic rings. The Morgan fingerprint density at radius 2 is 1.88 bits per heavy atom. The zero-order chi connectivity index (χ0) is 11.5. The fraction of sp³-hybridized carbons (Fsp3) is 0.571. The lowest BCUT2D eigenvalue weighted by Crippen LogP contribution is -2.29. The van der Waals surface area contributed by atoms with Crippen LogP contribution in [0.3, 0.4) is 0 Å². The number of benzene rings is 1. The summed E-state index contributed by atoms with van der Waals surface area (Å²) in [6, 6.07) is 9.14. The van der Waals surface area contributed by atoms with Crippen molar-refractivity contribution >= 4 is 11.6 Å². The maximum absolute atomic E-state index is 5.88. The number of hydrogen-bond acceptors (Lipinski definition) is 1. The first-order chi connectivity index (χ1) is 7.65. The van der Waals surface area contributed by atoms with Crippen molar-refractivity contribution in [3.8, 4) is 0 Å². The Labute approximate surface area is 103 Å². The van der Waals surface area contributed by atoms with Crippen molar-refractivity contribution in [2.75, 3.05) is 0 Å². The van der Waals surface area contributed by atoms with Crippen molar-refractivity contribution in [2.24, 2.45) is 5.92 Å². The van der Waals surface area contributed by atoms with Crippen LogP contribution in [-0.2, 0) is 0 Å². The molecule has 0 radical (unpaired) electrons. The Morgan fingerprint density at radius 1 is 1.25 bits per heavy atom. The zero-order valence-electron chi connectivity index (χ0n) is 10.0. The maximum Gasteiger partial charge on any atom is 0.0406 e. The molecule has 0 bridgehead atoms. The second kappa shape index (κ2) is 5.20. The third-order valence-corrected chi connectivity index (χ3v) is 3.54. The summed E-state index contributed by atoms with van der Waals surface area (Å²) in [5.74, 6) is 0.986. The molecule has 2 atom stereocenters. The standard InChI is InChI=1S/C14H20ClN/c1-10(9-12-3-4-12)16-11(2)13-5-7-14(15)8-6-13/h5-8,10-12,16H,3-4,9H2,1-2H3/t10?,11-/m0/s1. The molecule has 1 aliphatic carbocycles. The Kier molecular flexibility index (Phi) is 3.88. The molecule has 1 N–H and O–H groups in total. The minimum absolute atomic E-state index is 0.408. The average Bonchev–Trinajstić information content (AvgIpc) is 3.02. The van der Waals surface area contributed by atoms with E-state index >= 15 is 0 Å². The Morgan fingerprint density at radius 3 is 2.44 bits per heavy atom. The number of halogens is 1. The Balaban J connectivity index is 1.85. The second-order valence-corrected chi connectivity index (χ2v) is 5.46. The van der Waals surface area contributed by atoms with E-state index in [0.29, 0.717) is 12.1 Å². The first kappa shape index (κ1) is 11.9. The van der Waals surface area contributed by atoms with Crippen LogP contribution in [-0.4, -0.2) is 6.04 Å². The number of rotatable bonds is 5. The second-order valence-electron chi connectivity index (χ2n) is 5.02. The van der Waals surface area contributed by atoms with Gasteiger partial charge in [0.05, 0.1) is 0 Å². The van der Waals surface area contributed by atoms with Gasteiger partial charge in [0, 0.05) is 17.1 Å². The normalized spacial score (nSPS) is 19.4. The highest BCUT2D eigenvalue weighted by atomic mass is 35.5. The van der Waals surface area contributed by atoms with Crippen LogP contribution in [0.2, 0.25) is 5.02 Å². The first-order valence-electron chi connectivity index (χ1n) is 6.16. The summed E-state index contributed by atoms with van der Waals surface area (Å²) in [6.07, 6.45) is 4.18. The van der Waals surface area contributed by atoms with Crippen molar-refractivity contribution in [1.82, 2.24) is 5.32 Å². The van der Waals surface area contributed by atoms with E-state index in [4.69, 9.17) is 11.6 Å². The molecule has 0 aromatic heterocycles. The summed E-state index contributed by atoms with van der Waals surface area (Å²) < 4.78 is 0. The number of hydrogen-bond donors (Lipinski definition) is 1. The molecule has 0 spiro atoms. The number of nitrogens with one attached hydrogen (secondary N) is 1. The predicted molar refractivity (Wildman–Crippen MR) is 69.8 cm³/mol. The first-order valence-corrected chi connectivity index (χ1v) is 6.54. The van der Waals surface area contributed by atoms with E-state index in [1.54, 1.807) is 0 Å². The molecule has 2 heteroatoms. The van der Waals surface area contributed by atoms with Gasteiger partial charge in [-0.25, -0.2) is 0 Å². The van der Waals surface area contributed by atoms with Crippen LogP contribution >= 0.6 is 11.6 Å². The average molecular weight is 238 g/mol. The SMILES string of the molecule is CC(CC1CC1)N[C@@H](C)c1ccc(Cl)cc1. The third-order valence-electron chi connectivity index (χ3n) is 3.29. The van der Waals surface area contributed by atoms with Crippen molar-refractivity contribution in [3.05, 3.63) is 34.9 Å². The van der Waals surface area contributed by atoms with E-state index in [9.17, 15) is 0 Å². The fourth-order valence-corrected chi connectivity index (χ4v) is 2.32. The topological polar surface area (TPSA) is 12.0 Å². The molecule has 1 aliphatic rings. The van der Waals surface area contributed by atoms with E-state index < -0.39 is 0 Å². The van der Waals surface area contributed by atoms with E-state index in [1.165, 1.54) is 24.8 Å². The quantitative estimate of drug-likeness (QED) is 0.810. The van der Waals surface area contributed by atoms with Gasteiger partial charge in [0.15, 0.2) is 0 Å². The van der Waals surface area contributed by atoms with Crippen LogP contribution < -0.4 is 5.32 Å². The van der Waals surface area contributed by atoms with Crippen molar-refractivity contribution in [1.29, 1.82) is 0 Å². The van der Waals surface area contributed by atoms with Gasteiger partial charge >= 0.3 is 0 Å². The molecular formula is C14H20ClN. The van der Waals surface area contributed by atoms with Gasteiger partial charge in [-0.15, -0.1) is 0 Å². The van der Waals surface area contributed by atoms with Crippen LogP contribution in [0.1, 0.15) is 44.7 Å². The highest BCUT2D eigenvalue weighted by molar-refractivity contribution is 6.30. The largest absolute Gasteiger partial charge is 0.308 e. The summed E-state index contributed by atoms with van der Waals surface area (Å²) in [5.41, 5.74) is 1.31. The molecule has 1 aromatic carbocycles. The molecule has 0 heterocycles. The van der Waals surface area contributed by atoms with Gasteiger partial charge in [-0.05, 0) is 43.9 Å². The van der Waals surface area contributed by atoms with Gasteiger partial charge in [-0.1, -0.05) is 36.6 Å². The minimum atomic E-state index is 0.408. The zero-order valence-corrected chi connectivity index (χ0v) is 10.8. The lowest BCUT2D eigenvalue weighted by molar-refractivity contribution is 0.438. The van der Waals surface area contributed by atoms with Gasteiger partial charge in [0.2, 0.25) is 0 Å². The highest BCUT2D eigenvalue weighted by Gasteiger charge is 2.24. The Bertz CT molecular complexity index is 329. The van der Waals surface area contributed by atoms with Gasteiger partial charge in [-0.3, -0.25) is 0 Å². The van der Waals surface area contributed by atoms with Crippen LogP contribution in [0.5, 0.6) is 0 Å². The van der Waals surface area contributed by atoms with E-state index in [-0.39, 0.29) is 0 Å². The van der Waals surface area contributed by atoms with Crippen LogP contribution in [0.4, 0.5) is 0 Å². The van der Waals surface area contributed by atoms with Crippen LogP contribution in [0.15, 0.2) is 24.3 Å². The van der Waals surface area contributed by atoms with E-state index in [1.807, 2.05) is 12.1 Å². The molecule has 0 aliphatic heterocycles. The summed E-state index contributed by atoms with van der Waals surface area (Å²) >= 11 is 5.88. The lowest BCUT2D eigenvalue weighted by Gasteiger charge is -2.20. The van der Waals surface area contributed by atoms with Crippen LogP contribution in [0, 0.1) is 5.92 Å². The molecule has 1 fully saturated rings. The maximum atomic E-state index is 5.88. The molecule has 1 nitrogen and oxygen atoms in total. The minimum Gasteiger partial charge on any atom is -0.308 e. The summed E-state index contributed by atoms with van der Waals surface area (Å²) in [7, 11) is 0.